The van der Waals surface area contributed by atoms with E-state index in [-0.39, 0.29) is 18.9 Å². The third-order valence-corrected chi connectivity index (χ3v) is 5.80. The standard InChI is InChI=1S/C19H21BrN2O5/c1-10-16(18(23)27-11-5-3-2-4-6-11)17(22-19(24)21-10)12-7-14-15(8-13(12)20)26-9-25-14/h7-8,11,17H,2-6,9H2,1H3,(H2,21,22,24). The molecule has 1 fully saturated rings. The van der Waals surface area contributed by atoms with Crippen LogP contribution in [0.3, 0.4) is 0 Å². The minimum atomic E-state index is -0.640. The first-order valence-electron chi connectivity index (χ1n) is 9.11. The van der Waals surface area contributed by atoms with Gasteiger partial charge in [0, 0.05) is 10.2 Å². The highest BCUT2D eigenvalue weighted by molar-refractivity contribution is 9.10. The van der Waals surface area contributed by atoms with Crippen molar-refractivity contribution in [2.75, 3.05) is 6.79 Å². The van der Waals surface area contributed by atoms with Gasteiger partial charge in [0.25, 0.3) is 0 Å². The smallest absolute Gasteiger partial charge is 0.338 e. The summed E-state index contributed by atoms with van der Waals surface area (Å²) in [5.74, 6) is 0.804. The summed E-state index contributed by atoms with van der Waals surface area (Å²) in [5.41, 5.74) is 1.61. The Bertz CT molecular complexity index is 817. The van der Waals surface area contributed by atoms with Crippen LogP contribution < -0.4 is 20.1 Å². The topological polar surface area (TPSA) is 85.9 Å². The highest BCUT2D eigenvalue weighted by Gasteiger charge is 2.35. The summed E-state index contributed by atoms with van der Waals surface area (Å²) in [6, 6.07) is 2.56. The molecule has 0 spiro atoms. The van der Waals surface area contributed by atoms with E-state index in [1.54, 1.807) is 19.1 Å². The van der Waals surface area contributed by atoms with Gasteiger partial charge in [0.15, 0.2) is 11.5 Å². The van der Waals surface area contributed by atoms with Gasteiger partial charge in [-0.25, -0.2) is 9.59 Å². The van der Waals surface area contributed by atoms with Gasteiger partial charge in [-0.2, -0.15) is 0 Å². The molecule has 1 unspecified atom stereocenters. The SMILES string of the molecule is CC1=C(C(=O)OC2CCCCC2)C(c2cc3c(cc2Br)OCO3)NC(=O)N1. The number of fused-ring (bicyclic) bond motifs is 1. The second kappa shape index (κ2) is 7.42. The molecule has 7 nitrogen and oxygen atoms in total. The lowest BCUT2D eigenvalue weighted by Gasteiger charge is -2.30. The summed E-state index contributed by atoms with van der Waals surface area (Å²) in [6.45, 7) is 1.86. The molecule has 0 aromatic heterocycles. The molecule has 1 aliphatic carbocycles. The number of hydrogen-bond acceptors (Lipinski definition) is 5. The summed E-state index contributed by atoms with van der Waals surface area (Å²) in [4.78, 5) is 25.1. The van der Waals surface area contributed by atoms with Crippen LogP contribution in [-0.2, 0) is 9.53 Å². The molecule has 1 aromatic carbocycles. The molecule has 2 N–H and O–H groups in total. The van der Waals surface area contributed by atoms with Gasteiger partial charge in [-0.3, -0.25) is 0 Å². The molecule has 1 saturated carbocycles. The largest absolute Gasteiger partial charge is 0.459 e. The van der Waals surface area contributed by atoms with Gasteiger partial charge in [-0.1, -0.05) is 22.4 Å². The molecule has 0 radical (unpaired) electrons. The van der Waals surface area contributed by atoms with E-state index in [2.05, 4.69) is 26.6 Å². The van der Waals surface area contributed by atoms with Crippen LogP contribution in [0.25, 0.3) is 0 Å². The Morgan fingerprint density at radius 2 is 1.89 bits per heavy atom. The summed E-state index contributed by atoms with van der Waals surface area (Å²) >= 11 is 3.52. The van der Waals surface area contributed by atoms with Crippen molar-refractivity contribution in [2.24, 2.45) is 0 Å². The fourth-order valence-corrected chi connectivity index (χ4v) is 4.30. The van der Waals surface area contributed by atoms with Crippen LogP contribution in [0.15, 0.2) is 27.9 Å². The molecule has 2 heterocycles. The Labute approximate surface area is 165 Å². The number of urea groups is 1. The van der Waals surface area contributed by atoms with Crippen LogP contribution in [0.1, 0.15) is 50.6 Å². The zero-order valence-corrected chi connectivity index (χ0v) is 16.6. The van der Waals surface area contributed by atoms with Crippen LogP contribution in [0, 0.1) is 0 Å². The first-order chi connectivity index (χ1) is 13.0. The van der Waals surface area contributed by atoms with Crippen molar-refractivity contribution in [3.63, 3.8) is 0 Å². The van der Waals surface area contributed by atoms with Crippen molar-refractivity contribution in [3.05, 3.63) is 33.4 Å². The molecule has 8 heteroatoms. The van der Waals surface area contributed by atoms with E-state index in [0.29, 0.717) is 28.3 Å². The molecule has 27 heavy (non-hydrogen) atoms. The van der Waals surface area contributed by atoms with Crippen molar-refractivity contribution in [2.45, 2.75) is 51.2 Å². The van der Waals surface area contributed by atoms with Crippen LogP contribution in [0.2, 0.25) is 0 Å². The fourth-order valence-electron chi connectivity index (χ4n) is 3.75. The number of carbonyl (C=O) groups is 2. The van der Waals surface area contributed by atoms with Crippen molar-refractivity contribution >= 4 is 27.9 Å². The van der Waals surface area contributed by atoms with Crippen molar-refractivity contribution in [3.8, 4) is 11.5 Å². The minimum Gasteiger partial charge on any atom is -0.459 e. The molecule has 3 aliphatic rings. The average Bonchev–Trinajstić information content (AvgIpc) is 3.08. The van der Waals surface area contributed by atoms with E-state index in [1.165, 1.54) is 6.42 Å². The number of amides is 2. The number of rotatable bonds is 3. The van der Waals surface area contributed by atoms with Crippen LogP contribution in [0.5, 0.6) is 11.5 Å². The maximum atomic E-state index is 13.0. The predicted octanol–water partition coefficient (Wildman–Crippen LogP) is 3.68. The number of nitrogens with one attached hydrogen (secondary N) is 2. The van der Waals surface area contributed by atoms with E-state index in [0.717, 1.165) is 30.2 Å². The van der Waals surface area contributed by atoms with Crippen molar-refractivity contribution in [1.82, 2.24) is 10.6 Å². The summed E-state index contributed by atoms with van der Waals surface area (Å²) in [7, 11) is 0. The van der Waals surface area contributed by atoms with E-state index in [4.69, 9.17) is 14.2 Å². The molecule has 1 aromatic rings. The maximum Gasteiger partial charge on any atom is 0.338 e. The molecule has 0 bridgehead atoms. The average molecular weight is 437 g/mol. The lowest BCUT2D eigenvalue weighted by molar-refractivity contribution is -0.146. The Balaban J connectivity index is 1.66. The fraction of sp³-hybridized carbons (Fsp3) is 0.474. The van der Waals surface area contributed by atoms with E-state index < -0.39 is 12.0 Å². The molecular formula is C19H21BrN2O5. The van der Waals surface area contributed by atoms with E-state index in [1.807, 2.05) is 0 Å². The molecule has 2 aliphatic heterocycles. The first kappa shape index (κ1) is 18.2. The quantitative estimate of drug-likeness (QED) is 0.705. The van der Waals surface area contributed by atoms with E-state index in [9.17, 15) is 9.59 Å². The summed E-state index contributed by atoms with van der Waals surface area (Å²) in [6.07, 6.45) is 5.03. The Morgan fingerprint density at radius 3 is 2.63 bits per heavy atom. The molecule has 2 amide bonds. The second-order valence-electron chi connectivity index (χ2n) is 6.96. The molecule has 4 rings (SSSR count). The Kier molecular flexibility index (Phi) is 4.99. The van der Waals surface area contributed by atoms with Gasteiger partial charge >= 0.3 is 12.0 Å². The highest BCUT2D eigenvalue weighted by Crippen LogP contribution is 2.41. The number of hydrogen-bond donors (Lipinski definition) is 2. The number of carbonyl (C=O) groups excluding carboxylic acids is 2. The first-order valence-corrected chi connectivity index (χ1v) is 9.90. The minimum absolute atomic E-state index is 0.0648. The predicted molar refractivity (Wildman–Crippen MR) is 100 cm³/mol. The molecule has 1 atom stereocenters. The maximum absolute atomic E-state index is 13.0. The third kappa shape index (κ3) is 3.63. The Hall–Kier alpha value is -2.22. The van der Waals surface area contributed by atoms with Gasteiger partial charge in [0.1, 0.15) is 6.10 Å². The normalized spacial score (nSPS) is 22.3. The molecule has 144 valence electrons. The van der Waals surface area contributed by atoms with Gasteiger partial charge in [0.05, 0.1) is 11.6 Å². The number of ether oxygens (including phenoxy) is 3. The summed E-state index contributed by atoms with van der Waals surface area (Å²) < 4.78 is 17.3. The monoisotopic (exact) mass is 436 g/mol. The Morgan fingerprint density at radius 1 is 1.19 bits per heavy atom. The number of esters is 1. The second-order valence-corrected chi connectivity index (χ2v) is 7.82. The zero-order chi connectivity index (χ0) is 19.0. The highest BCUT2D eigenvalue weighted by atomic mass is 79.9. The van der Waals surface area contributed by atoms with E-state index >= 15 is 0 Å². The molecule has 0 saturated heterocycles. The van der Waals surface area contributed by atoms with Gasteiger partial charge in [-0.05, 0) is 50.3 Å². The lowest BCUT2D eigenvalue weighted by Crippen LogP contribution is -2.45. The zero-order valence-electron chi connectivity index (χ0n) is 15.0. The molecular weight excluding hydrogens is 416 g/mol. The number of benzene rings is 1. The van der Waals surface area contributed by atoms with Gasteiger partial charge < -0.3 is 24.8 Å². The van der Waals surface area contributed by atoms with Gasteiger partial charge in [-0.15, -0.1) is 0 Å². The van der Waals surface area contributed by atoms with Crippen LogP contribution in [-0.4, -0.2) is 24.9 Å². The van der Waals surface area contributed by atoms with Crippen molar-refractivity contribution < 1.29 is 23.8 Å². The van der Waals surface area contributed by atoms with Crippen LogP contribution in [0.4, 0.5) is 4.79 Å². The summed E-state index contributed by atoms with van der Waals surface area (Å²) in [5, 5.41) is 5.50. The van der Waals surface area contributed by atoms with Crippen molar-refractivity contribution in [1.29, 1.82) is 0 Å². The number of halogens is 1. The van der Waals surface area contributed by atoms with Crippen LogP contribution >= 0.6 is 15.9 Å². The number of allylic oxidation sites excluding steroid dienone is 1. The lowest BCUT2D eigenvalue weighted by atomic mass is 9.94. The van der Waals surface area contributed by atoms with Gasteiger partial charge in [0.2, 0.25) is 6.79 Å². The third-order valence-electron chi connectivity index (χ3n) is 5.12.